The average Bonchev–Trinajstić information content (AvgIpc) is 2.97. The maximum absolute atomic E-state index is 6.00. The first-order chi connectivity index (χ1) is 8.75. The number of halogens is 1. The number of aliphatic imine (C=N–C) groups is 1. The van der Waals surface area contributed by atoms with Gasteiger partial charge in [-0.3, -0.25) is 9.98 Å². The lowest BCUT2D eigenvalue weighted by molar-refractivity contribution is 0.782. The summed E-state index contributed by atoms with van der Waals surface area (Å²) in [4.78, 5) is 11.7. The summed E-state index contributed by atoms with van der Waals surface area (Å²) in [7, 11) is 0. The lowest BCUT2D eigenvalue weighted by Crippen LogP contribution is -2.35. The highest BCUT2D eigenvalue weighted by molar-refractivity contribution is 9.10. The molecule has 1 unspecified atom stereocenters. The Morgan fingerprint density at radius 2 is 2.33 bits per heavy atom. The van der Waals surface area contributed by atoms with Crippen molar-refractivity contribution in [1.82, 2.24) is 4.98 Å². The molecule has 0 spiro atoms. The first kappa shape index (κ1) is 11.7. The first-order valence-corrected chi connectivity index (χ1v) is 7.16. The van der Waals surface area contributed by atoms with Gasteiger partial charge in [0.05, 0.1) is 18.1 Å². The van der Waals surface area contributed by atoms with E-state index in [4.69, 9.17) is 5.73 Å². The number of guanidine groups is 1. The van der Waals surface area contributed by atoms with E-state index in [9.17, 15) is 0 Å². The molecule has 1 atom stereocenters. The minimum atomic E-state index is 0.159. The molecule has 3 rings (SSSR count). The third kappa shape index (κ3) is 2.02. The van der Waals surface area contributed by atoms with Gasteiger partial charge in [-0.15, -0.1) is 11.3 Å². The molecular formula is C12H11BrN4S. The van der Waals surface area contributed by atoms with Crippen LogP contribution in [0.3, 0.4) is 0 Å². The number of hydrogen-bond acceptors (Lipinski definition) is 5. The SMILES string of the molecule is NC1=NCC(c2cncs2)N1c1cccc(Br)c1. The predicted octanol–water partition coefficient (Wildman–Crippen LogP) is 2.78. The molecule has 6 heteroatoms. The smallest absolute Gasteiger partial charge is 0.196 e. The molecule has 1 aromatic heterocycles. The zero-order valence-corrected chi connectivity index (χ0v) is 11.9. The minimum Gasteiger partial charge on any atom is -0.369 e. The number of anilines is 1. The summed E-state index contributed by atoms with van der Waals surface area (Å²) in [5.41, 5.74) is 8.88. The Bertz CT molecular complexity index is 582. The van der Waals surface area contributed by atoms with Gasteiger partial charge in [-0.05, 0) is 18.2 Å². The minimum absolute atomic E-state index is 0.159. The van der Waals surface area contributed by atoms with Crippen molar-refractivity contribution in [3.05, 3.63) is 45.3 Å². The molecule has 4 nitrogen and oxygen atoms in total. The molecule has 1 aliphatic heterocycles. The van der Waals surface area contributed by atoms with E-state index in [0.29, 0.717) is 12.5 Å². The lowest BCUT2D eigenvalue weighted by atomic mass is 10.2. The van der Waals surface area contributed by atoms with Gasteiger partial charge in [0, 0.05) is 21.2 Å². The molecule has 2 N–H and O–H groups in total. The quantitative estimate of drug-likeness (QED) is 0.925. The van der Waals surface area contributed by atoms with Gasteiger partial charge in [0.1, 0.15) is 0 Å². The maximum atomic E-state index is 6.00. The first-order valence-electron chi connectivity index (χ1n) is 5.49. The van der Waals surface area contributed by atoms with Gasteiger partial charge in [-0.2, -0.15) is 0 Å². The number of nitrogens with zero attached hydrogens (tertiary/aromatic N) is 3. The zero-order chi connectivity index (χ0) is 12.5. The van der Waals surface area contributed by atoms with E-state index in [1.165, 1.54) is 4.88 Å². The van der Waals surface area contributed by atoms with Crippen LogP contribution in [-0.4, -0.2) is 17.5 Å². The second-order valence-electron chi connectivity index (χ2n) is 3.97. The van der Waals surface area contributed by atoms with Crippen molar-refractivity contribution in [2.75, 3.05) is 11.4 Å². The molecule has 0 saturated heterocycles. The van der Waals surface area contributed by atoms with E-state index >= 15 is 0 Å². The Hall–Kier alpha value is -1.40. The fourth-order valence-electron chi connectivity index (χ4n) is 2.04. The molecule has 2 heterocycles. The molecule has 1 aliphatic rings. The van der Waals surface area contributed by atoms with E-state index in [-0.39, 0.29) is 6.04 Å². The number of thiazole rings is 1. The Kier molecular flexibility index (Phi) is 3.05. The Balaban J connectivity index is 1.99. The van der Waals surface area contributed by atoms with Crippen LogP contribution >= 0.6 is 27.3 Å². The second-order valence-corrected chi connectivity index (χ2v) is 5.80. The standard InChI is InChI=1S/C12H11BrN4S/c13-8-2-1-3-9(4-8)17-10(5-16-12(17)14)11-6-15-7-18-11/h1-4,6-7,10H,5H2,(H2,14,16). The highest BCUT2D eigenvalue weighted by Crippen LogP contribution is 2.33. The second kappa shape index (κ2) is 4.70. The summed E-state index contributed by atoms with van der Waals surface area (Å²) in [5, 5.41) is 0. The Labute approximate surface area is 117 Å². The van der Waals surface area contributed by atoms with Crippen LogP contribution in [0.15, 0.2) is 45.4 Å². The fraction of sp³-hybridized carbons (Fsp3) is 0.167. The summed E-state index contributed by atoms with van der Waals surface area (Å²) in [6, 6.07) is 8.23. The van der Waals surface area contributed by atoms with Crippen LogP contribution in [0.25, 0.3) is 0 Å². The van der Waals surface area contributed by atoms with Gasteiger partial charge < -0.3 is 10.6 Å². The Morgan fingerprint density at radius 1 is 1.44 bits per heavy atom. The van der Waals surface area contributed by atoms with Crippen molar-refractivity contribution < 1.29 is 0 Å². The van der Waals surface area contributed by atoms with E-state index in [2.05, 4.69) is 30.8 Å². The summed E-state index contributed by atoms with van der Waals surface area (Å²) >= 11 is 5.11. The molecule has 0 radical (unpaired) electrons. The van der Waals surface area contributed by atoms with Crippen molar-refractivity contribution in [2.45, 2.75) is 6.04 Å². The van der Waals surface area contributed by atoms with Gasteiger partial charge in [0.15, 0.2) is 5.96 Å². The van der Waals surface area contributed by atoms with E-state index in [0.717, 1.165) is 10.2 Å². The number of hydrogen-bond donors (Lipinski definition) is 1. The van der Waals surface area contributed by atoms with E-state index < -0.39 is 0 Å². The van der Waals surface area contributed by atoms with Crippen LogP contribution in [0.1, 0.15) is 10.9 Å². The molecule has 0 bridgehead atoms. The van der Waals surface area contributed by atoms with Crippen LogP contribution in [0, 0.1) is 0 Å². The molecule has 92 valence electrons. The number of rotatable bonds is 2. The van der Waals surface area contributed by atoms with Gasteiger partial charge in [0.2, 0.25) is 0 Å². The third-order valence-electron chi connectivity index (χ3n) is 2.85. The fourth-order valence-corrected chi connectivity index (χ4v) is 3.13. The lowest BCUT2D eigenvalue weighted by Gasteiger charge is -2.25. The molecule has 0 fully saturated rings. The summed E-state index contributed by atoms with van der Waals surface area (Å²) < 4.78 is 1.03. The summed E-state index contributed by atoms with van der Waals surface area (Å²) in [6.45, 7) is 0.681. The summed E-state index contributed by atoms with van der Waals surface area (Å²) in [6.07, 6.45) is 1.88. The van der Waals surface area contributed by atoms with Crippen molar-refractivity contribution in [3.8, 4) is 0 Å². The third-order valence-corrected chi connectivity index (χ3v) is 4.22. The zero-order valence-electron chi connectivity index (χ0n) is 9.45. The normalized spacial score (nSPS) is 19.1. The maximum Gasteiger partial charge on any atom is 0.196 e. The molecule has 18 heavy (non-hydrogen) atoms. The predicted molar refractivity (Wildman–Crippen MR) is 78.0 cm³/mol. The van der Waals surface area contributed by atoms with E-state index in [1.807, 2.05) is 36.0 Å². The van der Waals surface area contributed by atoms with Crippen molar-refractivity contribution in [2.24, 2.45) is 10.7 Å². The number of benzene rings is 1. The van der Waals surface area contributed by atoms with Crippen LogP contribution in [0.5, 0.6) is 0 Å². The van der Waals surface area contributed by atoms with Gasteiger partial charge in [-0.1, -0.05) is 22.0 Å². The average molecular weight is 323 g/mol. The topological polar surface area (TPSA) is 54.5 Å². The highest BCUT2D eigenvalue weighted by Gasteiger charge is 2.29. The molecule has 0 saturated carbocycles. The summed E-state index contributed by atoms with van der Waals surface area (Å²) in [5.74, 6) is 0.562. The van der Waals surface area contributed by atoms with Crippen molar-refractivity contribution >= 4 is 38.9 Å². The molecule has 2 aromatic rings. The molecular weight excluding hydrogens is 312 g/mol. The monoisotopic (exact) mass is 322 g/mol. The number of aromatic nitrogens is 1. The molecule has 1 aromatic carbocycles. The molecule has 0 amide bonds. The van der Waals surface area contributed by atoms with Crippen LogP contribution < -0.4 is 10.6 Å². The van der Waals surface area contributed by atoms with Gasteiger partial charge in [-0.25, -0.2) is 0 Å². The number of nitrogens with two attached hydrogens (primary N) is 1. The Morgan fingerprint density at radius 3 is 3.06 bits per heavy atom. The van der Waals surface area contributed by atoms with Crippen LogP contribution in [0.4, 0.5) is 5.69 Å². The highest BCUT2D eigenvalue weighted by atomic mass is 79.9. The van der Waals surface area contributed by atoms with E-state index in [1.54, 1.807) is 11.3 Å². The largest absolute Gasteiger partial charge is 0.369 e. The van der Waals surface area contributed by atoms with Gasteiger partial charge >= 0.3 is 0 Å². The van der Waals surface area contributed by atoms with Gasteiger partial charge in [0.25, 0.3) is 0 Å². The molecule has 0 aliphatic carbocycles. The van der Waals surface area contributed by atoms with Crippen molar-refractivity contribution in [1.29, 1.82) is 0 Å². The van der Waals surface area contributed by atoms with Crippen LogP contribution in [0.2, 0.25) is 0 Å². The van der Waals surface area contributed by atoms with Crippen LogP contribution in [-0.2, 0) is 0 Å². The van der Waals surface area contributed by atoms with Crippen molar-refractivity contribution in [3.63, 3.8) is 0 Å².